The van der Waals surface area contributed by atoms with E-state index in [-0.39, 0.29) is 16.4 Å². The van der Waals surface area contributed by atoms with Gasteiger partial charge < -0.3 is 10.3 Å². The third-order valence-corrected chi connectivity index (χ3v) is 7.02. The largest absolute Gasteiger partial charge is 0.338 e. The van der Waals surface area contributed by atoms with Gasteiger partial charge in [0.2, 0.25) is 0 Å². The lowest BCUT2D eigenvalue weighted by molar-refractivity contribution is 0.102. The molecule has 0 radical (unpaired) electrons. The molecule has 4 aromatic rings. The highest BCUT2D eigenvalue weighted by atomic mass is 32.2. The second kappa shape index (κ2) is 7.76. The number of sulfone groups is 1. The van der Waals surface area contributed by atoms with Gasteiger partial charge in [-0.2, -0.15) is 0 Å². The Morgan fingerprint density at radius 3 is 2.47 bits per heavy atom. The zero-order valence-electron chi connectivity index (χ0n) is 16.6. The van der Waals surface area contributed by atoms with Gasteiger partial charge in [-0.15, -0.1) is 0 Å². The fraction of sp³-hybridized carbons (Fsp3) is 0.130. The maximum absolute atomic E-state index is 12.9. The number of nitrogens with one attached hydrogen (secondary N) is 2. The van der Waals surface area contributed by atoms with E-state index in [9.17, 15) is 13.2 Å². The molecule has 4 rings (SSSR count). The zero-order valence-corrected chi connectivity index (χ0v) is 17.4. The lowest BCUT2D eigenvalue weighted by Crippen LogP contribution is -2.16. The minimum Gasteiger partial charge on any atom is -0.338 e. The zero-order chi connectivity index (χ0) is 21.3. The molecule has 1 amide bonds. The van der Waals surface area contributed by atoms with E-state index in [4.69, 9.17) is 0 Å². The average molecular weight is 420 g/mol. The highest BCUT2D eigenvalue weighted by Gasteiger charge is 2.21. The number of fused-ring (bicyclic) bond motifs is 1. The molecule has 30 heavy (non-hydrogen) atoms. The first-order valence-electron chi connectivity index (χ1n) is 9.56. The van der Waals surface area contributed by atoms with Crippen LogP contribution in [0.1, 0.15) is 24.2 Å². The Morgan fingerprint density at radius 2 is 1.70 bits per heavy atom. The molecule has 0 aliphatic rings. The number of carbonyl (C=O) groups is 1. The molecular formula is C23H21N3O3S. The molecule has 2 N–H and O–H groups in total. The highest BCUT2D eigenvalue weighted by molar-refractivity contribution is 7.92. The van der Waals surface area contributed by atoms with E-state index >= 15 is 0 Å². The summed E-state index contributed by atoms with van der Waals surface area (Å²) in [6.07, 6.45) is 0. The summed E-state index contributed by atoms with van der Waals surface area (Å²) in [5, 5.41) is 2.32. The standard InChI is InChI=1S/C23H21N3O3S/c1-15(2)30(28,29)17-9-7-8-16(14-17)23(27)26-19-11-4-3-10-18(19)22-24-20-12-5-6-13-21(20)25-22/h3-15H,1-2H3,(H,24,25)(H,26,27). The van der Waals surface area contributed by atoms with Crippen molar-refractivity contribution < 1.29 is 13.2 Å². The molecule has 152 valence electrons. The maximum atomic E-state index is 12.9. The summed E-state index contributed by atoms with van der Waals surface area (Å²) >= 11 is 0. The Balaban J connectivity index is 1.67. The molecule has 1 heterocycles. The van der Waals surface area contributed by atoms with E-state index in [1.54, 1.807) is 32.0 Å². The van der Waals surface area contributed by atoms with E-state index in [1.807, 2.05) is 42.5 Å². The van der Waals surface area contributed by atoms with Crippen molar-refractivity contribution >= 4 is 32.5 Å². The van der Waals surface area contributed by atoms with Crippen LogP contribution < -0.4 is 5.32 Å². The van der Waals surface area contributed by atoms with E-state index < -0.39 is 15.1 Å². The van der Waals surface area contributed by atoms with Crippen LogP contribution in [0.15, 0.2) is 77.7 Å². The molecule has 7 heteroatoms. The summed E-state index contributed by atoms with van der Waals surface area (Å²) in [6.45, 7) is 3.23. The molecule has 6 nitrogen and oxygen atoms in total. The van der Waals surface area contributed by atoms with Crippen LogP contribution in [0.5, 0.6) is 0 Å². The summed E-state index contributed by atoms with van der Waals surface area (Å²) in [4.78, 5) is 20.9. The van der Waals surface area contributed by atoms with Crippen molar-refractivity contribution in [2.45, 2.75) is 24.0 Å². The maximum Gasteiger partial charge on any atom is 0.255 e. The predicted molar refractivity (Wildman–Crippen MR) is 118 cm³/mol. The highest BCUT2D eigenvalue weighted by Crippen LogP contribution is 2.28. The summed E-state index contributed by atoms with van der Waals surface area (Å²) < 4.78 is 24.9. The fourth-order valence-corrected chi connectivity index (χ4v) is 4.26. The van der Waals surface area contributed by atoms with Gasteiger partial charge in [0.05, 0.1) is 26.9 Å². The fourth-order valence-electron chi connectivity index (χ4n) is 3.16. The number of aromatic nitrogens is 2. The minimum atomic E-state index is -3.47. The van der Waals surface area contributed by atoms with E-state index in [0.29, 0.717) is 11.5 Å². The number of rotatable bonds is 5. The summed E-state index contributed by atoms with van der Waals surface area (Å²) in [5.41, 5.74) is 3.34. The van der Waals surface area contributed by atoms with Crippen LogP contribution in [0.25, 0.3) is 22.4 Å². The van der Waals surface area contributed by atoms with E-state index in [1.165, 1.54) is 12.1 Å². The van der Waals surface area contributed by atoms with Gasteiger partial charge in [0.25, 0.3) is 5.91 Å². The van der Waals surface area contributed by atoms with Crippen molar-refractivity contribution in [2.24, 2.45) is 0 Å². The lowest BCUT2D eigenvalue weighted by atomic mass is 10.1. The van der Waals surface area contributed by atoms with Gasteiger partial charge in [-0.1, -0.05) is 30.3 Å². The average Bonchev–Trinajstić information content (AvgIpc) is 3.18. The van der Waals surface area contributed by atoms with Crippen molar-refractivity contribution in [1.29, 1.82) is 0 Å². The number of imidazole rings is 1. The normalized spacial score (nSPS) is 11.7. The van der Waals surface area contributed by atoms with Crippen LogP contribution in [-0.2, 0) is 9.84 Å². The monoisotopic (exact) mass is 419 g/mol. The van der Waals surface area contributed by atoms with Gasteiger partial charge in [-0.25, -0.2) is 13.4 Å². The van der Waals surface area contributed by atoms with Gasteiger partial charge >= 0.3 is 0 Å². The molecule has 0 aliphatic carbocycles. The van der Waals surface area contributed by atoms with Gasteiger partial charge in [0.15, 0.2) is 9.84 Å². The van der Waals surface area contributed by atoms with Crippen LogP contribution in [0.3, 0.4) is 0 Å². The second-order valence-corrected chi connectivity index (χ2v) is 9.73. The molecule has 0 aliphatic heterocycles. The molecular weight excluding hydrogens is 398 g/mol. The number of benzene rings is 3. The molecule has 0 bridgehead atoms. The minimum absolute atomic E-state index is 0.135. The molecule has 0 spiro atoms. The van der Waals surface area contributed by atoms with E-state index in [2.05, 4.69) is 15.3 Å². The van der Waals surface area contributed by atoms with Gasteiger partial charge in [0.1, 0.15) is 5.82 Å². The predicted octanol–water partition coefficient (Wildman–Crippen LogP) is 4.66. The Bertz CT molecular complexity index is 1310. The van der Waals surface area contributed by atoms with Crippen LogP contribution in [0.2, 0.25) is 0 Å². The number of hydrogen-bond donors (Lipinski definition) is 2. The number of para-hydroxylation sites is 3. The van der Waals surface area contributed by atoms with E-state index in [0.717, 1.165) is 16.6 Å². The first-order valence-corrected chi connectivity index (χ1v) is 11.1. The molecule has 0 saturated heterocycles. The molecule has 1 aromatic heterocycles. The van der Waals surface area contributed by atoms with Crippen molar-refractivity contribution in [2.75, 3.05) is 5.32 Å². The first-order chi connectivity index (χ1) is 14.4. The van der Waals surface area contributed by atoms with Crippen LogP contribution in [0, 0.1) is 0 Å². The Morgan fingerprint density at radius 1 is 0.967 bits per heavy atom. The number of amides is 1. The Kier molecular flexibility index (Phi) is 5.13. The Hall–Kier alpha value is -3.45. The SMILES string of the molecule is CC(C)S(=O)(=O)c1cccc(C(=O)Nc2ccccc2-c2nc3ccccc3[nH]2)c1. The number of anilines is 1. The van der Waals surface area contributed by atoms with Crippen molar-refractivity contribution in [3.8, 4) is 11.4 Å². The summed E-state index contributed by atoms with van der Waals surface area (Å²) in [6, 6.07) is 21.1. The number of nitrogens with zero attached hydrogens (tertiary/aromatic N) is 1. The van der Waals surface area contributed by atoms with Crippen molar-refractivity contribution in [1.82, 2.24) is 9.97 Å². The Labute approximate surface area is 174 Å². The lowest BCUT2D eigenvalue weighted by Gasteiger charge is -2.11. The smallest absolute Gasteiger partial charge is 0.255 e. The topological polar surface area (TPSA) is 91.9 Å². The first kappa shape index (κ1) is 19.8. The van der Waals surface area contributed by atoms with Crippen molar-refractivity contribution in [3.63, 3.8) is 0 Å². The third-order valence-electron chi connectivity index (χ3n) is 4.87. The summed E-state index contributed by atoms with van der Waals surface area (Å²) in [5.74, 6) is 0.252. The van der Waals surface area contributed by atoms with Gasteiger partial charge in [-0.3, -0.25) is 4.79 Å². The molecule has 0 unspecified atom stereocenters. The van der Waals surface area contributed by atoms with Gasteiger partial charge in [0, 0.05) is 11.1 Å². The quantitative estimate of drug-likeness (QED) is 0.492. The number of carbonyl (C=O) groups excluding carboxylic acids is 1. The van der Waals surface area contributed by atoms with Crippen LogP contribution in [-0.4, -0.2) is 29.5 Å². The molecule has 0 saturated carbocycles. The van der Waals surface area contributed by atoms with Gasteiger partial charge in [-0.05, 0) is 56.3 Å². The van der Waals surface area contributed by atoms with Crippen LogP contribution >= 0.6 is 0 Å². The van der Waals surface area contributed by atoms with Crippen LogP contribution in [0.4, 0.5) is 5.69 Å². The third kappa shape index (κ3) is 3.71. The molecule has 3 aromatic carbocycles. The van der Waals surface area contributed by atoms with Crippen molar-refractivity contribution in [3.05, 3.63) is 78.4 Å². The second-order valence-electron chi connectivity index (χ2n) is 7.22. The summed E-state index contributed by atoms with van der Waals surface area (Å²) in [7, 11) is -3.47. The molecule has 0 atom stereocenters. The number of hydrogen-bond acceptors (Lipinski definition) is 4. The molecule has 0 fully saturated rings. The number of H-pyrrole nitrogens is 1. The number of aromatic amines is 1.